The van der Waals surface area contributed by atoms with Gasteiger partial charge in [0.25, 0.3) is 0 Å². The first-order valence-corrected chi connectivity index (χ1v) is 7.48. The van der Waals surface area contributed by atoms with Gasteiger partial charge in [-0.25, -0.2) is 9.18 Å². The molecule has 0 bridgehead atoms. The standard InChI is InChI=1S/C17H23FN2O2/c1-17(2,3)22-16(21)20-11-10-19-15(12-20)9-6-13-4-7-14(18)8-5-13/h4-9,15,19H,10-12H2,1-3H3/b9-6+. The van der Waals surface area contributed by atoms with Crippen LogP contribution in [0.3, 0.4) is 0 Å². The monoisotopic (exact) mass is 306 g/mol. The van der Waals surface area contributed by atoms with E-state index in [9.17, 15) is 9.18 Å². The number of amides is 1. The van der Waals surface area contributed by atoms with Gasteiger partial charge in [0.1, 0.15) is 11.4 Å². The molecule has 1 unspecified atom stereocenters. The van der Waals surface area contributed by atoms with E-state index in [4.69, 9.17) is 4.74 Å². The van der Waals surface area contributed by atoms with E-state index in [2.05, 4.69) is 5.32 Å². The van der Waals surface area contributed by atoms with Gasteiger partial charge >= 0.3 is 6.09 Å². The summed E-state index contributed by atoms with van der Waals surface area (Å²) in [5, 5.41) is 3.34. The summed E-state index contributed by atoms with van der Waals surface area (Å²) in [5.74, 6) is -0.246. The third-order valence-electron chi connectivity index (χ3n) is 3.25. The summed E-state index contributed by atoms with van der Waals surface area (Å²) in [4.78, 5) is 13.8. The zero-order valence-corrected chi connectivity index (χ0v) is 13.3. The molecule has 1 saturated heterocycles. The molecule has 2 rings (SSSR count). The van der Waals surface area contributed by atoms with Crippen LogP contribution < -0.4 is 5.32 Å². The SMILES string of the molecule is CC(C)(C)OC(=O)N1CCNC(/C=C/c2ccc(F)cc2)C1. The smallest absolute Gasteiger partial charge is 0.410 e. The molecule has 1 aromatic rings. The second kappa shape index (κ2) is 6.92. The summed E-state index contributed by atoms with van der Waals surface area (Å²) in [6, 6.07) is 6.37. The third kappa shape index (κ3) is 5.15. The van der Waals surface area contributed by atoms with Gasteiger partial charge in [0.2, 0.25) is 0 Å². The van der Waals surface area contributed by atoms with Crippen molar-refractivity contribution in [3.8, 4) is 0 Å². The summed E-state index contributed by atoms with van der Waals surface area (Å²) < 4.78 is 18.3. The van der Waals surface area contributed by atoms with E-state index in [0.717, 1.165) is 12.1 Å². The normalized spacial score (nSPS) is 19.5. The summed E-state index contributed by atoms with van der Waals surface area (Å²) in [6.07, 6.45) is 3.63. The molecule has 1 aliphatic rings. The van der Waals surface area contributed by atoms with E-state index in [-0.39, 0.29) is 18.0 Å². The maximum absolute atomic E-state index is 12.9. The maximum Gasteiger partial charge on any atom is 0.410 e. The minimum Gasteiger partial charge on any atom is -0.444 e. The molecule has 5 heteroatoms. The van der Waals surface area contributed by atoms with E-state index in [1.807, 2.05) is 32.9 Å². The van der Waals surface area contributed by atoms with Crippen molar-refractivity contribution < 1.29 is 13.9 Å². The second-order valence-electron chi connectivity index (χ2n) is 6.40. The van der Waals surface area contributed by atoms with Crippen LogP contribution in [0.4, 0.5) is 9.18 Å². The lowest BCUT2D eigenvalue weighted by Crippen LogP contribution is -2.52. The van der Waals surface area contributed by atoms with Gasteiger partial charge in [-0.3, -0.25) is 0 Å². The van der Waals surface area contributed by atoms with Crippen LogP contribution in [0.5, 0.6) is 0 Å². The topological polar surface area (TPSA) is 41.6 Å². The van der Waals surface area contributed by atoms with Gasteiger partial charge in [-0.05, 0) is 38.5 Å². The van der Waals surface area contributed by atoms with Crippen molar-refractivity contribution >= 4 is 12.2 Å². The first kappa shape index (κ1) is 16.5. The molecule has 0 spiro atoms. The van der Waals surface area contributed by atoms with E-state index in [1.54, 1.807) is 17.0 Å². The van der Waals surface area contributed by atoms with Crippen LogP contribution in [0.25, 0.3) is 6.08 Å². The van der Waals surface area contributed by atoms with Crippen LogP contribution in [0, 0.1) is 5.82 Å². The molecule has 1 heterocycles. The molecule has 22 heavy (non-hydrogen) atoms. The van der Waals surface area contributed by atoms with Gasteiger partial charge in [0.15, 0.2) is 0 Å². The molecule has 1 aromatic carbocycles. The largest absolute Gasteiger partial charge is 0.444 e. The quantitative estimate of drug-likeness (QED) is 0.913. The van der Waals surface area contributed by atoms with Gasteiger partial charge in [0, 0.05) is 25.7 Å². The number of hydrogen-bond acceptors (Lipinski definition) is 3. The lowest BCUT2D eigenvalue weighted by molar-refractivity contribution is 0.0210. The Balaban J connectivity index is 1.93. The maximum atomic E-state index is 12.9. The first-order chi connectivity index (χ1) is 10.3. The molecule has 0 radical (unpaired) electrons. The minimum absolute atomic E-state index is 0.0614. The van der Waals surface area contributed by atoms with E-state index >= 15 is 0 Å². The Morgan fingerprint density at radius 1 is 1.36 bits per heavy atom. The predicted octanol–water partition coefficient (Wildman–Crippen LogP) is 3.05. The lowest BCUT2D eigenvalue weighted by atomic mass is 10.1. The number of carbonyl (C=O) groups is 1. The highest BCUT2D eigenvalue weighted by Gasteiger charge is 2.26. The lowest BCUT2D eigenvalue weighted by Gasteiger charge is -2.33. The van der Waals surface area contributed by atoms with Crippen LogP contribution in [0.1, 0.15) is 26.3 Å². The number of nitrogens with one attached hydrogen (secondary N) is 1. The molecule has 0 saturated carbocycles. The van der Waals surface area contributed by atoms with Crippen molar-refractivity contribution in [1.29, 1.82) is 0 Å². The molecule has 1 amide bonds. The van der Waals surface area contributed by atoms with E-state index < -0.39 is 5.60 Å². The number of nitrogens with zero attached hydrogens (tertiary/aromatic N) is 1. The number of halogens is 1. The molecule has 1 atom stereocenters. The number of ether oxygens (including phenoxy) is 1. The Morgan fingerprint density at radius 3 is 2.68 bits per heavy atom. The highest BCUT2D eigenvalue weighted by atomic mass is 19.1. The second-order valence-corrected chi connectivity index (χ2v) is 6.40. The van der Waals surface area contributed by atoms with Crippen LogP contribution in [0.2, 0.25) is 0 Å². The van der Waals surface area contributed by atoms with Crippen LogP contribution in [-0.2, 0) is 4.74 Å². The molecular weight excluding hydrogens is 283 g/mol. The molecule has 1 fully saturated rings. The van der Waals surface area contributed by atoms with E-state index in [0.29, 0.717) is 13.1 Å². The van der Waals surface area contributed by atoms with Crippen molar-refractivity contribution in [2.75, 3.05) is 19.6 Å². The van der Waals surface area contributed by atoms with Gasteiger partial charge < -0.3 is 15.0 Å². The first-order valence-electron chi connectivity index (χ1n) is 7.48. The number of rotatable bonds is 2. The zero-order chi connectivity index (χ0) is 16.2. The van der Waals surface area contributed by atoms with Crippen molar-refractivity contribution in [3.05, 3.63) is 41.7 Å². The average molecular weight is 306 g/mol. The summed E-state index contributed by atoms with van der Waals surface area (Å²) in [7, 11) is 0. The highest BCUT2D eigenvalue weighted by Crippen LogP contribution is 2.12. The van der Waals surface area contributed by atoms with Gasteiger partial charge in [0.05, 0.1) is 0 Å². The number of carbonyl (C=O) groups excluding carboxylic acids is 1. The van der Waals surface area contributed by atoms with Crippen molar-refractivity contribution in [2.45, 2.75) is 32.4 Å². The Morgan fingerprint density at radius 2 is 2.05 bits per heavy atom. The Bertz CT molecular complexity index is 535. The van der Waals surface area contributed by atoms with Crippen molar-refractivity contribution in [2.24, 2.45) is 0 Å². The Labute approximate surface area is 131 Å². The third-order valence-corrected chi connectivity index (χ3v) is 3.25. The average Bonchev–Trinajstić information content (AvgIpc) is 2.45. The molecule has 1 N–H and O–H groups in total. The number of hydrogen-bond donors (Lipinski definition) is 1. The fraction of sp³-hybridized carbons (Fsp3) is 0.471. The van der Waals surface area contributed by atoms with Crippen molar-refractivity contribution in [1.82, 2.24) is 10.2 Å². The van der Waals surface area contributed by atoms with Gasteiger partial charge in [-0.1, -0.05) is 24.3 Å². The summed E-state index contributed by atoms with van der Waals surface area (Å²) in [5.41, 5.74) is 0.444. The molecule has 4 nitrogen and oxygen atoms in total. The summed E-state index contributed by atoms with van der Waals surface area (Å²) in [6.45, 7) is 7.50. The molecule has 120 valence electrons. The zero-order valence-electron chi connectivity index (χ0n) is 13.3. The summed E-state index contributed by atoms with van der Waals surface area (Å²) >= 11 is 0. The number of benzene rings is 1. The van der Waals surface area contributed by atoms with Crippen LogP contribution >= 0.6 is 0 Å². The molecule has 1 aliphatic heterocycles. The van der Waals surface area contributed by atoms with E-state index in [1.165, 1.54) is 12.1 Å². The van der Waals surface area contributed by atoms with Gasteiger partial charge in [-0.15, -0.1) is 0 Å². The minimum atomic E-state index is -0.485. The van der Waals surface area contributed by atoms with Crippen LogP contribution in [0.15, 0.2) is 30.3 Å². The Kier molecular flexibility index (Phi) is 5.19. The molecular formula is C17H23FN2O2. The van der Waals surface area contributed by atoms with Gasteiger partial charge in [-0.2, -0.15) is 0 Å². The fourth-order valence-electron chi connectivity index (χ4n) is 2.20. The predicted molar refractivity (Wildman–Crippen MR) is 85.0 cm³/mol. The molecule has 0 aromatic heterocycles. The van der Waals surface area contributed by atoms with Crippen LogP contribution in [-0.4, -0.2) is 42.3 Å². The fourth-order valence-corrected chi connectivity index (χ4v) is 2.20. The Hall–Kier alpha value is -1.88. The highest BCUT2D eigenvalue weighted by molar-refractivity contribution is 5.68. The van der Waals surface area contributed by atoms with Crippen molar-refractivity contribution in [3.63, 3.8) is 0 Å². The number of piperazine rings is 1. The molecule has 0 aliphatic carbocycles.